The molecule has 1 saturated heterocycles. The number of nitrogens with zero attached hydrogens (tertiary/aromatic N) is 2. The average Bonchev–Trinajstić information content (AvgIpc) is 2.61. The van der Waals surface area contributed by atoms with Crippen molar-refractivity contribution in [3.8, 4) is 0 Å². The summed E-state index contributed by atoms with van der Waals surface area (Å²) in [6, 6.07) is 11.2. The van der Waals surface area contributed by atoms with Gasteiger partial charge in [0.2, 0.25) is 0 Å². The molecule has 0 radical (unpaired) electrons. The minimum atomic E-state index is -1.01. The van der Waals surface area contributed by atoms with Crippen LogP contribution >= 0.6 is 0 Å². The Bertz CT molecular complexity index is 771. The maximum absolute atomic E-state index is 14.3. The molecular formula is C18H17FN2O3. The maximum atomic E-state index is 14.3. The summed E-state index contributed by atoms with van der Waals surface area (Å²) < 4.78 is 19.6. The van der Waals surface area contributed by atoms with E-state index in [1.54, 1.807) is 24.3 Å². The van der Waals surface area contributed by atoms with Crippen molar-refractivity contribution in [1.29, 1.82) is 0 Å². The first-order valence-electron chi connectivity index (χ1n) is 7.63. The monoisotopic (exact) mass is 328 g/mol. The molecule has 2 aromatic rings. The number of hydrogen-bond acceptors (Lipinski definition) is 4. The fourth-order valence-corrected chi connectivity index (χ4v) is 2.53. The van der Waals surface area contributed by atoms with Crippen LogP contribution in [-0.2, 0) is 4.74 Å². The SMILES string of the molecule is O=C(O)c1cccc(N=Cc2ccc(N3CCOCC3)c(F)c2)c1. The molecule has 2 aromatic carbocycles. The van der Waals surface area contributed by atoms with E-state index in [1.807, 2.05) is 4.90 Å². The van der Waals surface area contributed by atoms with Crippen LogP contribution in [0, 0.1) is 5.82 Å². The number of aliphatic imine (C=N–C) groups is 1. The van der Waals surface area contributed by atoms with Gasteiger partial charge in [-0.2, -0.15) is 0 Å². The smallest absolute Gasteiger partial charge is 0.335 e. The Morgan fingerprint density at radius 2 is 2.00 bits per heavy atom. The topological polar surface area (TPSA) is 62.1 Å². The highest BCUT2D eigenvalue weighted by Crippen LogP contribution is 2.21. The molecule has 0 unspecified atom stereocenters. The van der Waals surface area contributed by atoms with Gasteiger partial charge in [0, 0.05) is 19.3 Å². The maximum Gasteiger partial charge on any atom is 0.335 e. The fourth-order valence-electron chi connectivity index (χ4n) is 2.53. The number of benzene rings is 2. The zero-order chi connectivity index (χ0) is 16.9. The summed E-state index contributed by atoms with van der Waals surface area (Å²) in [5.41, 5.74) is 1.85. The number of morpholine rings is 1. The van der Waals surface area contributed by atoms with Crippen LogP contribution in [-0.4, -0.2) is 43.6 Å². The van der Waals surface area contributed by atoms with Gasteiger partial charge >= 0.3 is 5.97 Å². The number of ether oxygens (including phenoxy) is 1. The summed E-state index contributed by atoms with van der Waals surface area (Å²) in [5, 5.41) is 8.97. The third-order valence-electron chi connectivity index (χ3n) is 3.78. The van der Waals surface area contributed by atoms with E-state index in [-0.39, 0.29) is 11.4 Å². The molecule has 124 valence electrons. The van der Waals surface area contributed by atoms with Gasteiger partial charge in [0.05, 0.1) is 30.2 Å². The number of carboxylic acids is 1. The lowest BCUT2D eigenvalue weighted by Gasteiger charge is -2.29. The van der Waals surface area contributed by atoms with Gasteiger partial charge in [-0.05, 0) is 35.9 Å². The van der Waals surface area contributed by atoms with E-state index in [2.05, 4.69) is 4.99 Å². The van der Waals surface area contributed by atoms with Gasteiger partial charge in [0.15, 0.2) is 0 Å². The number of hydrogen-bond donors (Lipinski definition) is 1. The Morgan fingerprint density at radius 1 is 1.21 bits per heavy atom. The van der Waals surface area contributed by atoms with Crippen molar-refractivity contribution in [1.82, 2.24) is 0 Å². The van der Waals surface area contributed by atoms with Gasteiger partial charge in [-0.15, -0.1) is 0 Å². The quantitative estimate of drug-likeness (QED) is 0.876. The van der Waals surface area contributed by atoms with Gasteiger partial charge in [-0.3, -0.25) is 4.99 Å². The molecule has 0 amide bonds. The Labute approximate surface area is 139 Å². The number of anilines is 1. The molecule has 1 fully saturated rings. The van der Waals surface area contributed by atoms with E-state index in [9.17, 15) is 9.18 Å². The van der Waals surface area contributed by atoms with E-state index in [4.69, 9.17) is 9.84 Å². The second-order valence-electron chi connectivity index (χ2n) is 5.42. The second-order valence-corrected chi connectivity index (χ2v) is 5.42. The molecule has 0 aromatic heterocycles. The number of carbonyl (C=O) groups is 1. The molecule has 1 aliphatic heterocycles. The molecule has 0 aliphatic carbocycles. The third kappa shape index (κ3) is 3.78. The molecule has 0 saturated carbocycles. The highest BCUT2D eigenvalue weighted by Gasteiger charge is 2.14. The molecule has 3 rings (SSSR count). The van der Waals surface area contributed by atoms with Crippen molar-refractivity contribution in [2.45, 2.75) is 0 Å². The molecule has 1 N–H and O–H groups in total. The van der Waals surface area contributed by atoms with E-state index >= 15 is 0 Å². The van der Waals surface area contributed by atoms with Crippen LogP contribution in [0.25, 0.3) is 0 Å². The van der Waals surface area contributed by atoms with Crippen molar-refractivity contribution >= 4 is 23.6 Å². The molecule has 1 aliphatic rings. The van der Waals surface area contributed by atoms with E-state index in [1.165, 1.54) is 24.4 Å². The van der Waals surface area contributed by atoms with Crippen LogP contribution in [0.15, 0.2) is 47.5 Å². The van der Waals surface area contributed by atoms with Crippen molar-refractivity contribution in [3.63, 3.8) is 0 Å². The average molecular weight is 328 g/mol. The first-order valence-corrected chi connectivity index (χ1v) is 7.63. The van der Waals surface area contributed by atoms with E-state index in [0.29, 0.717) is 43.2 Å². The van der Waals surface area contributed by atoms with Gasteiger partial charge in [-0.1, -0.05) is 12.1 Å². The van der Waals surface area contributed by atoms with Crippen molar-refractivity contribution in [2.75, 3.05) is 31.2 Å². The molecule has 0 spiro atoms. The normalized spacial score (nSPS) is 15.0. The molecule has 24 heavy (non-hydrogen) atoms. The molecule has 6 heteroatoms. The zero-order valence-corrected chi connectivity index (χ0v) is 13.0. The first-order chi connectivity index (χ1) is 11.6. The van der Waals surface area contributed by atoms with Gasteiger partial charge in [-0.25, -0.2) is 9.18 Å². The van der Waals surface area contributed by atoms with E-state index in [0.717, 1.165) is 0 Å². The fraction of sp³-hybridized carbons (Fsp3) is 0.222. The second kappa shape index (κ2) is 7.23. The summed E-state index contributed by atoms with van der Waals surface area (Å²) in [7, 11) is 0. The van der Waals surface area contributed by atoms with Gasteiger partial charge < -0.3 is 14.7 Å². The van der Waals surface area contributed by atoms with Crippen molar-refractivity contribution in [3.05, 3.63) is 59.4 Å². The van der Waals surface area contributed by atoms with Crippen LogP contribution in [0.3, 0.4) is 0 Å². The molecule has 1 heterocycles. The zero-order valence-electron chi connectivity index (χ0n) is 13.0. The molecule has 5 nitrogen and oxygen atoms in total. The Morgan fingerprint density at radius 3 is 2.71 bits per heavy atom. The molecule has 0 bridgehead atoms. The number of rotatable bonds is 4. The number of carboxylic acid groups (broad SMARTS) is 1. The Kier molecular flexibility index (Phi) is 4.86. The van der Waals surface area contributed by atoms with Gasteiger partial charge in [0.25, 0.3) is 0 Å². The summed E-state index contributed by atoms with van der Waals surface area (Å²) in [5.74, 6) is -1.31. The Hall–Kier alpha value is -2.73. The van der Waals surface area contributed by atoms with Crippen LogP contribution in [0.4, 0.5) is 15.8 Å². The molecule has 0 atom stereocenters. The largest absolute Gasteiger partial charge is 0.478 e. The lowest BCUT2D eigenvalue weighted by Crippen LogP contribution is -2.36. The summed E-state index contributed by atoms with van der Waals surface area (Å²) >= 11 is 0. The number of aromatic carboxylic acids is 1. The van der Waals surface area contributed by atoms with Crippen LogP contribution in [0.2, 0.25) is 0 Å². The molecular weight excluding hydrogens is 311 g/mol. The standard InChI is InChI=1S/C18H17FN2O3/c19-16-10-13(4-5-17(16)21-6-8-24-9-7-21)12-20-15-3-1-2-14(11-15)18(22)23/h1-5,10-12H,6-9H2,(H,22,23). The van der Waals surface area contributed by atoms with Crippen molar-refractivity contribution in [2.24, 2.45) is 4.99 Å². The summed E-state index contributed by atoms with van der Waals surface area (Å²) in [6.45, 7) is 2.55. The van der Waals surface area contributed by atoms with Crippen LogP contribution < -0.4 is 4.90 Å². The first kappa shape index (κ1) is 16.1. The lowest BCUT2D eigenvalue weighted by atomic mass is 10.2. The predicted octanol–water partition coefficient (Wildman–Crippen LogP) is 3.11. The predicted molar refractivity (Wildman–Crippen MR) is 90.1 cm³/mol. The number of halogens is 1. The Balaban J connectivity index is 1.77. The van der Waals surface area contributed by atoms with Crippen molar-refractivity contribution < 1.29 is 19.0 Å². The van der Waals surface area contributed by atoms with Crippen LogP contribution in [0.1, 0.15) is 15.9 Å². The minimum absolute atomic E-state index is 0.165. The van der Waals surface area contributed by atoms with E-state index < -0.39 is 5.97 Å². The summed E-state index contributed by atoms with van der Waals surface area (Å²) in [6.07, 6.45) is 1.52. The lowest BCUT2D eigenvalue weighted by molar-refractivity contribution is 0.0697. The highest BCUT2D eigenvalue weighted by molar-refractivity contribution is 5.89. The minimum Gasteiger partial charge on any atom is -0.478 e. The van der Waals surface area contributed by atoms with Crippen LogP contribution in [0.5, 0.6) is 0 Å². The highest BCUT2D eigenvalue weighted by atomic mass is 19.1. The summed E-state index contributed by atoms with van der Waals surface area (Å²) in [4.78, 5) is 17.1. The van der Waals surface area contributed by atoms with Gasteiger partial charge in [0.1, 0.15) is 5.82 Å². The third-order valence-corrected chi connectivity index (χ3v) is 3.78.